The van der Waals surface area contributed by atoms with Crippen LogP contribution in [-0.4, -0.2) is 80.8 Å². The molecular formula is C13H29N3O2. The molecule has 0 aliphatic rings. The van der Waals surface area contributed by atoms with Gasteiger partial charge < -0.3 is 19.4 Å². The number of carbonyl (C=O) groups excluding carboxylic acids is 1. The lowest BCUT2D eigenvalue weighted by Crippen LogP contribution is -2.39. The summed E-state index contributed by atoms with van der Waals surface area (Å²) in [4.78, 5) is 17.7. The van der Waals surface area contributed by atoms with Crippen molar-refractivity contribution in [1.82, 2.24) is 14.7 Å². The lowest BCUT2D eigenvalue weighted by atomic mass is 10.2. The number of hydrogen-bond donors (Lipinski definition) is 0. The van der Waals surface area contributed by atoms with Crippen molar-refractivity contribution in [3.63, 3.8) is 0 Å². The van der Waals surface area contributed by atoms with Gasteiger partial charge in [0.05, 0.1) is 0 Å². The van der Waals surface area contributed by atoms with Gasteiger partial charge in [0.25, 0.3) is 0 Å². The van der Waals surface area contributed by atoms with Crippen LogP contribution in [-0.2, 0) is 4.74 Å². The van der Waals surface area contributed by atoms with E-state index in [9.17, 15) is 4.79 Å². The minimum atomic E-state index is -0.428. The van der Waals surface area contributed by atoms with Crippen molar-refractivity contribution in [3.8, 4) is 0 Å². The van der Waals surface area contributed by atoms with Crippen molar-refractivity contribution in [1.29, 1.82) is 0 Å². The van der Waals surface area contributed by atoms with Crippen molar-refractivity contribution in [2.24, 2.45) is 0 Å². The minimum absolute atomic E-state index is 0.261. The van der Waals surface area contributed by atoms with Gasteiger partial charge in [-0.05, 0) is 41.9 Å². The van der Waals surface area contributed by atoms with Crippen molar-refractivity contribution in [2.75, 3.05) is 54.4 Å². The Morgan fingerprint density at radius 3 is 1.89 bits per heavy atom. The first-order valence-corrected chi connectivity index (χ1v) is 6.39. The largest absolute Gasteiger partial charge is 0.444 e. The third-order valence-electron chi connectivity index (χ3n) is 2.45. The van der Waals surface area contributed by atoms with Gasteiger partial charge in [-0.15, -0.1) is 0 Å². The molecule has 0 radical (unpaired) electrons. The quantitative estimate of drug-likeness (QED) is 0.721. The van der Waals surface area contributed by atoms with Crippen molar-refractivity contribution in [2.45, 2.75) is 26.4 Å². The molecule has 0 aromatic rings. The van der Waals surface area contributed by atoms with E-state index in [1.54, 1.807) is 11.9 Å². The van der Waals surface area contributed by atoms with Gasteiger partial charge in [-0.25, -0.2) is 4.79 Å². The SMILES string of the molecule is CN(C)CCN(C)CCN(C)C(=O)OC(C)(C)C. The molecule has 0 aromatic heterocycles. The Morgan fingerprint density at radius 1 is 0.944 bits per heavy atom. The first-order chi connectivity index (χ1) is 8.11. The van der Waals surface area contributed by atoms with E-state index < -0.39 is 5.60 Å². The fourth-order valence-corrected chi connectivity index (χ4v) is 1.23. The van der Waals surface area contributed by atoms with Crippen LogP contribution in [0.15, 0.2) is 0 Å². The summed E-state index contributed by atoms with van der Waals surface area (Å²) in [5, 5.41) is 0. The second-order valence-corrected chi connectivity index (χ2v) is 6.01. The topological polar surface area (TPSA) is 36.0 Å². The summed E-state index contributed by atoms with van der Waals surface area (Å²) < 4.78 is 5.29. The number of nitrogens with zero attached hydrogens (tertiary/aromatic N) is 3. The Balaban J connectivity index is 3.88. The van der Waals surface area contributed by atoms with Crippen molar-refractivity contribution < 1.29 is 9.53 Å². The molecule has 0 fully saturated rings. The molecule has 0 saturated heterocycles. The van der Waals surface area contributed by atoms with Crippen molar-refractivity contribution >= 4 is 6.09 Å². The second kappa shape index (κ2) is 7.59. The maximum Gasteiger partial charge on any atom is 0.410 e. The molecule has 108 valence electrons. The maximum atomic E-state index is 11.7. The van der Waals surface area contributed by atoms with Crippen LogP contribution < -0.4 is 0 Å². The highest BCUT2D eigenvalue weighted by Crippen LogP contribution is 2.08. The Morgan fingerprint density at radius 2 is 1.44 bits per heavy atom. The zero-order chi connectivity index (χ0) is 14.3. The second-order valence-electron chi connectivity index (χ2n) is 6.01. The summed E-state index contributed by atoms with van der Waals surface area (Å²) in [6.07, 6.45) is -0.261. The van der Waals surface area contributed by atoms with Crippen molar-refractivity contribution in [3.05, 3.63) is 0 Å². The highest BCUT2D eigenvalue weighted by atomic mass is 16.6. The van der Waals surface area contributed by atoms with Crippen LogP contribution in [0.1, 0.15) is 20.8 Å². The average molecular weight is 259 g/mol. The number of likely N-dealkylation sites (N-methyl/N-ethyl adjacent to an activating group) is 3. The molecule has 0 N–H and O–H groups in total. The van der Waals surface area contributed by atoms with E-state index in [1.807, 2.05) is 20.8 Å². The highest BCUT2D eigenvalue weighted by Gasteiger charge is 2.19. The first kappa shape index (κ1) is 17.2. The van der Waals surface area contributed by atoms with Gasteiger partial charge in [-0.1, -0.05) is 0 Å². The summed E-state index contributed by atoms with van der Waals surface area (Å²) >= 11 is 0. The van der Waals surface area contributed by atoms with Gasteiger partial charge in [0.2, 0.25) is 0 Å². The van der Waals surface area contributed by atoms with Crippen LogP contribution in [0.2, 0.25) is 0 Å². The number of rotatable bonds is 6. The summed E-state index contributed by atoms with van der Waals surface area (Å²) in [6.45, 7) is 9.18. The molecule has 0 aliphatic carbocycles. The molecule has 0 unspecified atom stereocenters. The molecule has 18 heavy (non-hydrogen) atoms. The van der Waals surface area contributed by atoms with E-state index in [2.05, 4.69) is 30.9 Å². The molecule has 0 heterocycles. The molecule has 0 bridgehead atoms. The molecule has 0 saturated carbocycles. The van der Waals surface area contributed by atoms with Crippen LogP contribution >= 0.6 is 0 Å². The monoisotopic (exact) mass is 259 g/mol. The molecule has 0 spiro atoms. The standard InChI is InChI=1S/C13H29N3O2/c1-13(2,3)18-12(17)16(7)11-10-15(6)9-8-14(4)5/h8-11H2,1-7H3. The predicted molar refractivity (Wildman–Crippen MR) is 74.9 cm³/mol. The normalized spacial score (nSPS) is 12.1. The van der Waals surface area contributed by atoms with Gasteiger partial charge >= 0.3 is 6.09 Å². The Kier molecular flexibility index (Phi) is 7.25. The number of ether oxygens (including phenoxy) is 1. The Hall–Kier alpha value is -0.810. The number of hydrogen-bond acceptors (Lipinski definition) is 4. The smallest absolute Gasteiger partial charge is 0.410 e. The fraction of sp³-hybridized carbons (Fsp3) is 0.923. The van der Waals surface area contributed by atoms with Crippen LogP contribution in [0.4, 0.5) is 4.79 Å². The molecule has 0 aromatic carbocycles. The first-order valence-electron chi connectivity index (χ1n) is 6.39. The molecule has 5 nitrogen and oxygen atoms in total. The van der Waals surface area contributed by atoms with E-state index in [-0.39, 0.29) is 6.09 Å². The Labute approximate surface area is 112 Å². The maximum absolute atomic E-state index is 11.7. The molecular weight excluding hydrogens is 230 g/mol. The van der Waals surface area contributed by atoms with Gasteiger partial charge in [-0.3, -0.25) is 0 Å². The molecule has 1 amide bonds. The average Bonchev–Trinajstić information content (AvgIpc) is 2.20. The van der Waals surface area contributed by atoms with Crippen LogP contribution in [0.25, 0.3) is 0 Å². The number of carbonyl (C=O) groups is 1. The molecule has 0 atom stereocenters. The lowest BCUT2D eigenvalue weighted by molar-refractivity contribution is 0.0286. The third kappa shape index (κ3) is 9.24. The molecule has 0 aliphatic heterocycles. The fourth-order valence-electron chi connectivity index (χ4n) is 1.23. The summed E-state index contributed by atoms with van der Waals surface area (Å²) in [5.74, 6) is 0. The van der Waals surface area contributed by atoms with E-state index in [0.717, 1.165) is 19.6 Å². The zero-order valence-corrected chi connectivity index (χ0v) is 13.0. The van der Waals surface area contributed by atoms with Crippen LogP contribution in [0.3, 0.4) is 0 Å². The van der Waals surface area contributed by atoms with Gasteiger partial charge in [-0.2, -0.15) is 0 Å². The van der Waals surface area contributed by atoms with Gasteiger partial charge in [0.15, 0.2) is 0 Å². The summed E-state index contributed by atoms with van der Waals surface area (Å²) in [7, 11) is 7.95. The van der Waals surface area contributed by atoms with E-state index in [4.69, 9.17) is 4.74 Å². The summed E-state index contributed by atoms with van der Waals surface area (Å²) in [5.41, 5.74) is -0.428. The van der Waals surface area contributed by atoms with E-state index >= 15 is 0 Å². The highest BCUT2D eigenvalue weighted by molar-refractivity contribution is 5.67. The minimum Gasteiger partial charge on any atom is -0.444 e. The van der Waals surface area contributed by atoms with Crippen LogP contribution in [0.5, 0.6) is 0 Å². The number of amides is 1. The van der Waals surface area contributed by atoms with Gasteiger partial charge in [0, 0.05) is 33.2 Å². The zero-order valence-electron chi connectivity index (χ0n) is 13.0. The van der Waals surface area contributed by atoms with Crippen LogP contribution in [0, 0.1) is 0 Å². The predicted octanol–water partition coefficient (Wildman–Crippen LogP) is 1.35. The van der Waals surface area contributed by atoms with Gasteiger partial charge in [0.1, 0.15) is 5.60 Å². The molecule has 0 rings (SSSR count). The summed E-state index contributed by atoms with van der Waals surface area (Å²) in [6, 6.07) is 0. The van der Waals surface area contributed by atoms with E-state index in [1.165, 1.54) is 0 Å². The van der Waals surface area contributed by atoms with E-state index in [0.29, 0.717) is 6.54 Å². The molecule has 5 heteroatoms. The lowest BCUT2D eigenvalue weighted by Gasteiger charge is -2.26. The third-order valence-corrected chi connectivity index (χ3v) is 2.45. The Bertz CT molecular complexity index is 249.